The van der Waals surface area contributed by atoms with E-state index in [0.29, 0.717) is 22.2 Å². The molecular weight excluding hydrogens is 369 g/mol. The third-order valence-electron chi connectivity index (χ3n) is 3.50. The molecule has 0 amide bonds. The van der Waals surface area contributed by atoms with Crippen molar-refractivity contribution in [2.75, 3.05) is 0 Å². The Morgan fingerprint density at radius 2 is 1.70 bits per heavy atom. The van der Waals surface area contributed by atoms with Crippen LogP contribution < -0.4 is 0 Å². The Morgan fingerprint density at radius 1 is 1.00 bits per heavy atom. The first-order chi connectivity index (χ1) is 10.9. The van der Waals surface area contributed by atoms with Crippen molar-refractivity contribution in [3.05, 3.63) is 75.8 Å². The van der Waals surface area contributed by atoms with Crippen molar-refractivity contribution < 1.29 is 13.2 Å². The van der Waals surface area contributed by atoms with Gasteiger partial charge in [0.2, 0.25) is 0 Å². The van der Waals surface area contributed by atoms with Gasteiger partial charge in [-0.15, -0.1) is 0 Å². The van der Waals surface area contributed by atoms with Crippen LogP contribution in [-0.4, -0.2) is 9.78 Å². The van der Waals surface area contributed by atoms with E-state index < -0.39 is 11.6 Å². The van der Waals surface area contributed by atoms with E-state index >= 15 is 0 Å². The van der Waals surface area contributed by atoms with E-state index in [9.17, 15) is 13.2 Å². The zero-order valence-corrected chi connectivity index (χ0v) is 13.7. The fourth-order valence-electron chi connectivity index (χ4n) is 2.44. The molecule has 3 rings (SSSR count). The molecule has 0 N–H and O–H groups in total. The lowest BCUT2D eigenvalue weighted by Crippen LogP contribution is -1.96. The number of aromatic nitrogens is 2. The molecule has 0 aliphatic heterocycles. The maximum absolute atomic E-state index is 14.1. The Kier molecular flexibility index (Phi) is 4.26. The van der Waals surface area contributed by atoms with Crippen LogP contribution in [0, 0.1) is 17.5 Å². The molecule has 0 fully saturated rings. The van der Waals surface area contributed by atoms with Gasteiger partial charge in [-0.3, -0.25) is 4.68 Å². The van der Waals surface area contributed by atoms with E-state index in [1.807, 2.05) is 0 Å². The molecule has 6 heteroatoms. The molecule has 0 spiro atoms. The van der Waals surface area contributed by atoms with Gasteiger partial charge in [-0.1, -0.05) is 22.0 Å². The molecule has 2 nitrogen and oxygen atoms in total. The monoisotopic (exact) mass is 380 g/mol. The van der Waals surface area contributed by atoms with E-state index in [2.05, 4.69) is 21.0 Å². The molecule has 2 aromatic carbocycles. The lowest BCUT2D eigenvalue weighted by Gasteiger charge is -2.06. The second-order valence-corrected chi connectivity index (χ2v) is 6.05. The maximum atomic E-state index is 14.1. The van der Waals surface area contributed by atoms with Crippen molar-refractivity contribution in [2.24, 2.45) is 7.05 Å². The smallest absolute Gasteiger partial charge is 0.134 e. The van der Waals surface area contributed by atoms with Crippen LogP contribution in [0.25, 0.3) is 11.1 Å². The highest BCUT2D eigenvalue weighted by atomic mass is 79.9. The topological polar surface area (TPSA) is 17.8 Å². The average molecular weight is 381 g/mol. The second-order valence-electron chi connectivity index (χ2n) is 5.20. The molecule has 0 aliphatic carbocycles. The van der Waals surface area contributed by atoms with Gasteiger partial charge in [0.15, 0.2) is 0 Å². The van der Waals surface area contributed by atoms with Gasteiger partial charge in [0.05, 0.1) is 5.69 Å². The van der Waals surface area contributed by atoms with E-state index in [0.717, 1.165) is 11.6 Å². The van der Waals surface area contributed by atoms with Gasteiger partial charge < -0.3 is 0 Å². The number of hydrogen-bond acceptors (Lipinski definition) is 1. The summed E-state index contributed by atoms with van der Waals surface area (Å²) in [5, 5.41) is 4.35. The summed E-state index contributed by atoms with van der Waals surface area (Å²) in [6, 6.07) is 7.84. The van der Waals surface area contributed by atoms with Crippen LogP contribution >= 0.6 is 15.9 Å². The van der Waals surface area contributed by atoms with Gasteiger partial charge >= 0.3 is 0 Å². The molecule has 0 unspecified atom stereocenters. The van der Waals surface area contributed by atoms with E-state index in [-0.39, 0.29) is 11.4 Å². The minimum atomic E-state index is -0.641. The van der Waals surface area contributed by atoms with Crippen molar-refractivity contribution in [1.82, 2.24) is 9.78 Å². The molecule has 0 atom stereocenters. The molecule has 0 saturated heterocycles. The van der Waals surface area contributed by atoms with Crippen LogP contribution in [0.1, 0.15) is 11.3 Å². The van der Waals surface area contributed by atoms with Gasteiger partial charge in [-0.2, -0.15) is 5.10 Å². The zero-order valence-electron chi connectivity index (χ0n) is 12.2. The largest absolute Gasteiger partial charge is 0.275 e. The second kappa shape index (κ2) is 6.20. The standard InChI is InChI=1S/C17H12BrF3N2/c1-23-9-14(13-5-4-12(20)8-16(13)21)17(22-23)6-10-2-3-11(19)7-15(10)18/h2-5,7-9H,6H2,1H3. The van der Waals surface area contributed by atoms with Crippen LogP contribution in [0.4, 0.5) is 13.2 Å². The summed E-state index contributed by atoms with van der Waals surface area (Å²) in [6.07, 6.45) is 2.08. The molecule has 3 aromatic rings. The average Bonchev–Trinajstić information content (AvgIpc) is 2.82. The van der Waals surface area contributed by atoms with Gasteiger partial charge in [0.1, 0.15) is 17.5 Å². The molecule has 0 aliphatic rings. The van der Waals surface area contributed by atoms with Crippen molar-refractivity contribution in [3.8, 4) is 11.1 Å². The van der Waals surface area contributed by atoms with Crippen LogP contribution in [0.3, 0.4) is 0 Å². The van der Waals surface area contributed by atoms with Crippen LogP contribution in [0.5, 0.6) is 0 Å². The van der Waals surface area contributed by atoms with Crippen LogP contribution in [0.15, 0.2) is 47.1 Å². The quantitative estimate of drug-likeness (QED) is 0.634. The summed E-state index contributed by atoms with van der Waals surface area (Å²) in [5.41, 5.74) is 2.33. The van der Waals surface area contributed by atoms with Crippen molar-refractivity contribution >= 4 is 15.9 Å². The highest BCUT2D eigenvalue weighted by Gasteiger charge is 2.16. The van der Waals surface area contributed by atoms with Gasteiger partial charge in [0, 0.05) is 41.3 Å². The summed E-state index contributed by atoms with van der Waals surface area (Å²) in [4.78, 5) is 0. The minimum Gasteiger partial charge on any atom is -0.275 e. The molecule has 118 valence electrons. The van der Waals surface area contributed by atoms with E-state index in [4.69, 9.17) is 0 Å². The molecule has 0 bridgehead atoms. The zero-order chi connectivity index (χ0) is 16.6. The van der Waals surface area contributed by atoms with Crippen molar-refractivity contribution in [3.63, 3.8) is 0 Å². The molecule has 0 radical (unpaired) electrons. The third-order valence-corrected chi connectivity index (χ3v) is 4.24. The molecule has 23 heavy (non-hydrogen) atoms. The number of halogens is 4. The van der Waals surface area contributed by atoms with Gasteiger partial charge in [-0.25, -0.2) is 13.2 Å². The number of nitrogens with zero attached hydrogens (tertiary/aromatic N) is 2. The number of aryl methyl sites for hydroxylation is 1. The molecule has 1 aromatic heterocycles. The summed E-state index contributed by atoms with van der Waals surface area (Å²) in [7, 11) is 1.73. The number of hydrogen-bond donors (Lipinski definition) is 0. The predicted molar refractivity (Wildman–Crippen MR) is 85.5 cm³/mol. The third kappa shape index (κ3) is 3.32. The van der Waals surface area contributed by atoms with Crippen molar-refractivity contribution in [2.45, 2.75) is 6.42 Å². The lowest BCUT2D eigenvalue weighted by molar-refractivity contribution is 0.585. The Bertz CT molecular complexity index is 874. The number of rotatable bonds is 3. The fourth-order valence-corrected chi connectivity index (χ4v) is 2.93. The fraction of sp³-hybridized carbons (Fsp3) is 0.118. The van der Waals surface area contributed by atoms with Gasteiger partial charge in [-0.05, 0) is 29.8 Å². The Labute approximate surface area is 139 Å². The number of benzene rings is 2. The summed E-state index contributed by atoms with van der Waals surface area (Å²) >= 11 is 3.32. The molecule has 0 saturated carbocycles. The SMILES string of the molecule is Cn1cc(-c2ccc(F)cc2F)c(Cc2ccc(F)cc2Br)n1. The van der Waals surface area contributed by atoms with Crippen molar-refractivity contribution in [1.29, 1.82) is 0 Å². The Balaban J connectivity index is 2.04. The normalized spacial score (nSPS) is 11.0. The predicted octanol–water partition coefficient (Wildman–Crippen LogP) is 4.86. The molecular formula is C17H12BrF3N2. The minimum absolute atomic E-state index is 0.285. The molecule has 1 heterocycles. The summed E-state index contributed by atoms with van der Waals surface area (Å²) < 4.78 is 42.5. The first-order valence-electron chi connectivity index (χ1n) is 6.86. The van der Waals surface area contributed by atoms with E-state index in [1.54, 1.807) is 24.0 Å². The first kappa shape index (κ1) is 15.8. The Morgan fingerprint density at radius 3 is 2.39 bits per heavy atom. The van der Waals surface area contributed by atoms with Crippen LogP contribution in [-0.2, 0) is 13.5 Å². The Hall–Kier alpha value is -2.08. The van der Waals surface area contributed by atoms with E-state index in [1.165, 1.54) is 24.3 Å². The first-order valence-corrected chi connectivity index (χ1v) is 7.65. The summed E-state index contributed by atoms with van der Waals surface area (Å²) in [5.74, 6) is -1.61. The summed E-state index contributed by atoms with van der Waals surface area (Å²) in [6.45, 7) is 0. The highest BCUT2D eigenvalue weighted by Crippen LogP contribution is 2.29. The highest BCUT2D eigenvalue weighted by molar-refractivity contribution is 9.10. The lowest BCUT2D eigenvalue weighted by atomic mass is 10.0. The van der Waals surface area contributed by atoms with Crippen LogP contribution in [0.2, 0.25) is 0 Å². The maximum Gasteiger partial charge on any atom is 0.134 e. The van der Waals surface area contributed by atoms with Gasteiger partial charge in [0.25, 0.3) is 0 Å².